The van der Waals surface area contributed by atoms with Gasteiger partial charge in [0.2, 0.25) is 5.91 Å². The molecule has 2 aromatic heterocycles. The Morgan fingerprint density at radius 3 is 2.83 bits per heavy atom. The lowest BCUT2D eigenvalue weighted by Gasteiger charge is -2.22. The average molecular weight is 339 g/mol. The zero-order valence-corrected chi connectivity index (χ0v) is 13.9. The van der Waals surface area contributed by atoms with Crippen molar-refractivity contribution in [3.8, 4) is 0 Å². The Kier molecular flexibility index (Phi) is 3.90. The first kappa shape index (κ1) is 15.1. The van der Waals surface area contributed by atoms with Crippen molar-refractivity contribution in [2.24, 2.45) is 0 Å². The first-order chi connectivity index (χ1) is 11.7. The maximum Gasteiger partial charge on any atom is 0.275 e. The molecular formula is C18H17N3O2S. The Hall–Kier alpha value is -2.47. The number of benzene rings is 1. The lowest BCUT2D eigenvalue weighted by molar-refractivity contribution is -0.133. The van der Waals surface area contributed by atoms with Crippen LogP contribution in [0.4, 0.5) is 0 Å². The van der Waals surface area contributed by atoms with Crippen LogP contribution in [-0.4, -0.2) is 26.6 Å². The van der Waals surface area contributed by atoms with Gasteiger partial charge in [-0.15, -0.1) is 11.3 Å². The van der Waals surface area contributed by atoms with Crippen molar-refractivity contribution in [3.63, 3.8) is 0 Å². The molecule has 3 aromatic rings. The molecule has 1 saturated carbocycles. The molecule has 5 nitrogen and oxygen atoms in total. The number of rotatable bonds is 5. The van der Waals surface area contributed by atoms with E-state index in [-0.39, 0.29) is 18.0 Å². The molecule has 6 heteroatoms. The van der Waals surface area contributed by atoms with Crippen molar-refractivity contribution < 1.29 is 4.79 Å². The normalized spacial score (nSPS) is 14.0. The molecule has 1 aliphatic rings. The van der Waals surface area contributed by atoms with Crippen molar-refractivity contribution in [1.29, 1.82) is 0 Å². The Bertz CT molecular complexity index is 929. The number of thiophene rings is 1. The summed E-state index contributed by atoms with van der Waals surface area (Å²) in [6, 6.07) is 11.6. The van der Waals surface area contributed by atoms with E-state index in [0.717, 1.165) is 23.1 Å². The van der Waals surface area contributed by atoms with E-state index in [0.29, 0.717) is 18.0 Å². The largest absolute Gasteiger partial charge is 0.333 e. The van der Waals surface area contributed by atoms with Crippen LogP contribution in [0.2, 0.25) is 0 Å². The number of amides is 1. The van der Waals surface area contributed by atoms with Gasteiger partial charge in [-0.25, -0.2) is 4.68 Å². The molecule has 1 fully saturated rings. The second-order valence-electron chi connectivity index (χ2n) is 6.03. The van der Waals surface area contributed by atoms with Crippen molar-refractivity contribution in [1.82, 2.24) is 14.7 Å². The molecule has 0 unspecified atom stereocenters. The fraction of sp³-hybridized carbons (Fsp3) is 0.278. The second-order valence-corrected chi connectivity index (χ2v) is 7.06. The second kappa shape index (κ2) is 6.20. The van der Waals surface area contributed by atoms with E-state index in [1.165, 1.54) is 4.68 Å². The molecule has 4 rings (SSSR count). The molecule has 0 aliphatic heterocycles. The molecule has 0 bridgehead atoms. The van der Waals surface area contributed by atoms with E-state index >= 15 is 0 Å². The van der Waals surface area contributed by atoms with Crippen molar-refractivity contribution in [3.05, 3.63) is 63.2 Å². The molecule has 1 amide bonds. The molecule has 2 heterocycles. The minimum Gasteiger partial charge on any atom is -0.333 e. The van der Waals surface area contributed by atoms with Crippen LogP contribution < -0.4 is 5.56 Å². The lowest BCUT2D eigenvalue weighted by Crippen LogP contribution is -2.38. The third-order valence-corrected chi connectivity index (χ3v) is 5.12. The number of aromatic nitrogens is 2. The number of carbonyl (C=O) groups excluding carboxylic acids is 1. The first-order valence-electron chi connectivity index (χ1n) is 7.99. The Labute approximate surface area is 143 Å². The molecule has 1 aliphatic carbocycles. The van der Waals surface area contributed by atoms with Gasteiger partial charge >= 0.3 is 0 Å². The van der Waals surface area contributed by atoms with Gasteiger partial charge in [-0.05, 0) is 30.4 Å². The highest BCUT2D eigenvalue weighted by molar-refractivity contribution is 7.09. The summed E-state index contributed by atoms with van der Waals surface area (Å²) >= 11 is 1.65. The first-order valence-corrected chi connectivity index (χ1v) is 8.87. The summed E-state index contributed by atoms with van der Waals surface area (Å²) in [6.45, 7) is 0.606. The van der Waals surface area contributed by atoms with Crippen LogP contribution in [0.15, 0.2) is 52.8 Å². The maximum absolute atomic E-state index is 12.7. The highest BCUT2D eigenvalue weighted by atomic mass is 32.1. The Balaban J connectivity index is 1.58. The quantitative estimate of drug-likeness (QED) is 0.718. The van der Waals surface area contributed by atoms with Gasteiger partial charge in [0.25, 0.3) is 5.56 Å². The zero-order valence-electron chi connectivity index (χ0n) is 13.1. The van der Waals surface area contributed by atoms with E-state index in [1.807, 2.05) is 40.6 Å². The topological polar surface area (TPSA) is 55.2 Å². The van der Waals surface area contributed by atoms with Crippen LogP contribution in [0.3, 0.4) is 0 Å². The van der Waals surface area contributed by atoms with Crippen LogP contribution in [0.5, 0.6) is 0 Å². The highest BCUT2D eigenvalue weighted by Gasteiger charge is 2.33. The third-order valence-electron chi connectivity index (χ3n) is 4.26. The monoisotopic (exact) mass is 339 g/mol. The van der Waals surface area contributed by atoms with E-state index < -0.39 is 0 Å². The summed E-state index contributed by atoms with van der Waals surface area (Å²) < 4.78 is 1.27. The molecule has 0 saturated heterocycles. The summed E-state index contributed by atoms with van der Waals surface area (Å²) in [6.07, 6.45) is 3.72. The number of fused-ring (bicyclic) bond motifs is 1. The highest BCUT2D eigenvalue weighted by Crippen LogP contribution is 2.29. The standard InChI is InChI=1S/C18H17N3O2S/c22-17(20(14-7-8-14)11-15-5-3-9-24-15)12-21-18(23)16-6-2-1-4-13(16)10-19-21/h1-6,9-10,14H,7-8,11-12H2. The van der Waals surface area contributed by atoms with E-state index in [1.54, 1.807) is 23.6 Å². The average Bonchev–Trinajstić information content (AvgIpc) is 3.31. The van der Waals surface area contributed by atoms with Crippen LogP contribution in [-0.2, 0) is 17.9 Å². The zero-order chi connectivity index (χ0) is 16.5. The molecule has 0 N–H and O–H groups in total. The Morgan fingerprint density at radius 2 is 2.08 bits per heavy atom. The molecular weight excluding hydrogens is 322 g/mol. The predicted molar refractivity (Wildman–Crippen MR) is 93.9 cm³/mol. The minimum absolute atomic E-state index is 0.00839. The predicted octanol–water partition coefficient (Wildman–Crippen LogP) is 2.65. The summed E-state index contributed by atoms with van der Waals surface area (Å²) in [5, 5.41) is 7.57. The van der Waals surface area contributed by atoms with Crippen molar-refractivity contribution in [2.75, 3.05) is 0 Å². The van der Waals surface area contributed by atoms with E-state index in [9.17, 15) is 9.59 Å². The van der Waals surface area contributed by atoms with Gasteiger partial charge in [-0.2, -0.15) is 5.10 Å². The van der Waals surface area contributed by atoms with Gasteiger partial charge in [-0.1, -0.05) is 24.3 Å². The SMILES string of the molecule is O=C(Cn1ncc2ccccc2c1=O)N(Cc1cccs1)C1CC1. The maximum atomic E-state index is 12.7. The molecule has 1 aromatic carbocycles. The van der Waals surface area contributed by atoms with Gasteiger partial charge in [0.15, 0.2) is 0 Å². The summed E-state index contributed by atoms with van der Waals surface area (Å²) in [4.78, 5) is 28.3. The summed E-state index contributed by atoms with van der Waals surface area (Å²) in [5.41, 5.74) is -0.215. The number of hydrogen-bond acceptors (Lipinski definition) is 4. The molecule has 24 heavy (non-hydrogen) atoms. The van der Waals surface area contributed by atoms with Gasteiger partial charge in [0.1, 0.15) is 6.54 Å². The number of carbonyl (C=O) groups is 1. The fourth-order valence-electron chi connectivity index (χ4n) is 2.84. The van der Waals surface area contributed by atoms with Crippen molar-refractivity contribution in [2.45, 2.75) is 32.0 Å². The molecule has 0 radical (unpaired) electrons. The van der Waals surface area contributed by atoms with E-state index in [4.69, 9.17) is 0 Å². The Morgan fingerprint density at radius 1 is 1.25 bits per heavy atom. The number of hydrogen-bond donors (Lipinski definition) is 0. The van der Waals surface area contributed by atoms with Gasteiger partial charge in [-0.3, -0.25) is 9.59 Å². The van der Waals surface area contributed by atoms with Crippen LogP contribution in [0.25, 0.3) is 10.8 Å². The third kappa shape index (κ3) is 2.97. The fourth-order valence-corrected chi connectivity index (χ4v) is 3.54. The van der Waals surface area contributed by atoms with Gasteiger partial charge < -0.3 is 4.90 Å². The summed E-state index contributed by atoms with van der Waals surface area (Å²) in [5.74, 6) is -0.0456. The van der Waals surface area contributed by atoms with Crippen LogP contribution >= 0.6 is 11.3 Å². The van der Waals surface area contributed by atoms with Crippen LogP contribution in [0, 0.1) is 0 Å². The minimum atomic E-state index is -0.215. The van der Waals surface area contributed by atoms with E-state index in [2.05, 4.69) is 5.10 Å². The molecule has 122 valence electrons. The van der Waals surface area contributed by atoms with Crippen molar-refractivity contribution >= 4 is 28.0 Å². The number of nitrogens with zero attached hydrogens (tertiary/aromatic N) is 3. The lowest BCUT2D eigenvalue weighted by atomic mass is 10.2. The van der Waals surface area contributed by atoms with Gasteiger partial charge in [0, 0.05) is 16.3 Å². The smallest absolute Gasteiger partial charge is 0.275 e. The molecule has 0 spiro atoms. The van der Waals surface area contributed by atoms with Gasteiger partial charge in [0.05, 0.1) is 18.1 Å². The summed E-state index contributed by atoms with van der Waals surface area (Å²) in [7, 11) is 0. The van der Waals surface area contributed by atoms with Crippen LogP contribution in [0.1, 0.15) is 17.7 Å². The molecule has 0 atom stereocenters.